The summed E-state index contributed by atoms with van der Waals surface area (Å²) in [5.74, 6) is 0.541. The highest BCUT2D eigenvalue weighted by molar-refractivity contribution is 5.87. The van der Waals surface area contributed by atoms with Gasteiger partial charge in [-0.2, -0.15) is 0 Å². The van der Waals surface area contributed by atoms with Crippen LogP contribution in [0.25, 0.3) is 12.2 Å². The van der Waals surface area contributed by atoms with Gasteiger partial charge < -0.3 is 28.4 Å². The molecule has 2 aliphatic heterocycles. The van der Waals surface area contributed by atoms with Gasteiger partial charge in [0.05, 0.1) is 26.4 Å². The van der Waals surface area contributed by atoms with Crippen molar-refractivity contribution in [3.8, 4) is 11.5 Å². The van der Waals surface area contributed by atoms with Gasteiger partial charge in [0.15, 0.2) is 12.2 Å². The Bertz CT molecular complexity index is 986. The fraction of sp³-hybridized carbons (Fsp3) is 0.357. The average Bonchev–Trinajstić information content (AvgIpc) is 3.47. The maximum absolute atomic E-state index is 12.3. The van der Waals surface area contributed by atoms with E-state index in [1.165, 1.54) is 12.2 Å². The average molecular weight is 495 g/mol. The third kappa shape index (κ3) is 6.74. The standard InChI is InChI=1S/C28H30O8/c1-3-31-21-11-5-19(6-12-21)9-15-25(29)35-23-17-33-28-24(18-34-27(23)28)36-26(30)16-10-20-7-13-22(14-8-20)32-4-2/h5-16,23-24,27-28H,3-4,17-18H2,1-2H3/b15-9+,16-10+/t23-,24+,27-,28-/m1/s1. The summed E-state index contributed by atoms with van der Waals surface area (Å²) in [6.45, 7) is 5.38. The van der Waals surface area contributed by atoms with E-state index in [9.17, 15) is 9.59 Å². The van der Waals surface area contributed by atoms with Crippen LogP contribution in [-0.4, -0.2) is 62.8 Å². The Hall–Kier alpha value is -3.62. The van der Waals surface area contributed by atoms with E-state index in [2.05, 4.69) is 0 Å². The first-order chi connectivity index (χ1) is 17.6. The molecule has 8 nitrogen and oxygen atoms in total. The first kappa shape index (κ1) is 25.5. The van der Waals surface area contributed by atoms with Gasteiger partial charge in [-0.25, -0.2) is 9.59 Å². The molecule has 2 fully saturated rings. The number of carbonyl (C=O) groups excluding carboxylic acids is 2. The Morgan fingerprint density at radius 3 is 1.47 bits per heavy atom. The molecule has 4 atom stereocenters. The number of benzene rings is 2. The number of esters is 2. The molecule has 2 aliphatic rings. The molecular weight excluding hydrogens is 464 g/mol. The van der Waals surface area contributed by atoms with E-state index in [-0.39, 0.29) is 13.2 Å². The number of carbonyl (C=O) groups is 2. The van der Waals surface area contributed by atoms with Gasteiger partial charge in [0, 0.05) is 12.2 Å². The van der Waals surface area contributed by atoms with Crippen molar-refractivity contribution in [2.45, 2.75) is 38.3 Å². The van der Waals surface area contributed by atoms with E-state index < -0.39 is 36.4 Å². The van der Waals surface area contributed by atoms with Crippen molar-refractivity contribution in [2.24, 2.45) is 0 Å². The number of rotatable bonds is 10. The zero-order chi connectivity index (χ0) is 25.3. The molecule has 190 valence electrons. The van der Waals surface area contributed by atoms with Gasteiger partial charge in [0.1, 0.15) is 23.7 Å². The van der Waals surface area contributed by atoms with Crippen LogP contribution in [0.5, 0.6) is 11.5 Å². The molecule has 0 spiro atoms. The molecule has 0 bridgehead atoms. The predicted octanol–water partition coefficient (Wildman–Crippen LogP) is 3.83. The van der Waals surface area contributed by atoms with Gasteiger partial charge in [-0.05, 0) is 61.4 Å². The monoisotopic (exact) mass is 494 g/mol. The molecule has 0 aromatic heterocycles. The normalized spacial score (nSPS) is 23.1. The molecular formula is C28H30O8. The van der Waals surface area contributed by atoms with Gasteiger partial charge in [0.25, 0.3) is 0 Å². The second kappa shape index (κ2) is 12.4. The summed E-state index contributed by atoms with van der Waals surface area (Å²) in [6.07, 6.45) is 3.94. The summed E-state index contributed by atoms with van der Waals surface area (Å²) >= 11 is 0. The zero-order valence-corrected chi connectivity index (χ0v) is 20.3. The van der Waals surface area contributed by atoms with Gasteiger partial charge in [-0.1, -0.05) is 24.3 Å². The maximum Gasteiger partial charge on any atom is 0.331 e. The molecule has 36 heavy (non-hydrogen) atoms. The second-order valence-corrected chi connectivity index (χ2v) is 8.22. The van der Waals surface area contributed by atoms with E-state index >= 15 is 0 Å². The largest absolute Gasteiger partial charge is 0.494 e. The van der Waals surface area contributed by atoms with Crippen LogP contribution in [0.3, 0.4) is 0 Å². The Morgan fingerprint density at radius 2 is 1.11 bits per heavy atom. The van der Waals surface area contributed by atoms with Crippen LogP contribution in [0.15, 0.2) is 60.7 Å². The fourth-order valence-corrected chi connectivity index (χ4v) is 4.02. The zero-order valence-electron chi connectivity index (χ0n) is 20.3. The fourth-order valence-electron chi connectivity index (χ4n) is 4.02. The first-order valence-electron chi connectivity index (χ1n) is 12.0. The third-order valence-electron chi connectivity index (χ3n) is 5.70. The highest BCUT2D eigenvalue weighted by Crippen LogP contribution is 2.31. The number of hydrogen-bond acceptors (Lipinski definition) is 8. The SMILES string of the molecule is CCOc1ccc(/C=C/C(=O)O[C@H]2CO[C@H]3[C@@H]2OC[C@H]3OC(=O)/C=C/c2ccc(OCC)cc2)cc1. The molecule has 0 radical (unpaired) electrons. The van der Waals surface area contributed by atoms with Crippen molar-refractivity contribution in [3.63, 3.8) is 0 Å². The van der Waals surface area contributed by atoms with Crippen LogP contribution in [0, 0.1) is 0 Å². The van der Waals surface area contributed by atoms with Crippen LogP contribution in [0.1, 0.15) is 25.0 Å². The van der Waals surface area contributed by atoms with Crippen molar-refractivity contribution >= 4 is 24.1 Å². The molecule has 8 heteroatoms. The van der Waals surface area contributed by atoms with Crippen LogP contribution < -0.4 is 9.47 Å². The Balaban J connectivity index is 1.24. The summed E-state index contributed by atoms with van der Waals surface area (Å²) in [5.41, 5.74) is 1.69. The van der Waals surface area contributed by atoms with Gasteiger partial charge in [-0.3, -0.25) is 0 Å². The van der Waals surface area contributed by atoms with E-state index in [1.54, 1.807) is 12.2 Å². The van der Waals surface area contributed by atoms with Crippen molar-refractivity contribution < 1.29 is 38.0 Å². The molecule has 4 rings (SSSR count). The second-order valence-electron chi connectivity index (χ2n) is 8.22. The van der Waals surface area contributed by atoms with E-state index in [1.807, 2.05) is 62.4 Å². The van der Waals surface area contributed by atoms with Crippen molar-refractivity contribution in [3.05, 3.63) is 71.8 Å². The lowest BCUT2D eigenvalue weighted by Crippen LogP contribution is -2.35. The summed E-state index contributed by atoms with van der Waals surface area (Å²) in [6, 6.07) is 14.8. The van der Waals surface area contributed by atoms with Crippen molar-refractivity contribution in [1.82, 2.24) is 0 Å². The molecule has 0 N–H and O–H groups in total. The third-order valence-corrected chi connectivity index (χ3v) is 5.70. The van der Waals surface area contributed by atoms with Gasteiger partial charge in [-0.15, -0.1) is 0 Å². The molecule has 0 saturated carbocycles. The number of ether oxygens (including phenoxy) is 6. The van der Waals surface area contributed by atoms with E-state index in [4.69, 9.17) is 28.4 Å². The van der Waals surface area contributed by atoms with E-state index in [0.29, 0.717) is 13.2 Å². The lowest BCUT2D eigenvalue weighted by atomic mass is 10.1. The van der Waals surface area contributed by atoms with Crippen LogP contribution >= 0.6 is 0 Å². The summed E-state index contributed by atoms with van der Waals surface area (Å²) < 4.78 is 33.4. The smallest absolute Gasteiger partial charge is 0.331 e. The van der Waals surface area contributed by atoms with Gasteiger partial charge in [0.2, 0.25) is 0 Å². The lowest BCUT2D eigenvalue weighted by Gasteiger charge is -2.16. The Morgan fingerprint density at radius 1 is 0.722 bits per heavy atom. The Kier molecular flexibility index (Phi) is 8.76. The van der Waals surface area contributed by atoms with Crippen LogP contribution in [0.2, 0.25) is 0 Å². The highest BCUT2D eigenvalue weighted by Gasteiger charge is 2.51. The first-order valence-corrected chi connectivity index (χ1v) is 12.0. The summed E-state index contributed by atoms with van der Waals surface area (Å²) in [5, 5.41) is 0. The quantitative estimate of drug-likeness (QED) is 0.364. The lowest BCUT2D eigenvalue weighted by molar-refractivity contribution is -0.149. The van der Waals surface area contributed by atoms with Crippen LogP contribution in [0.4, 0.5) is 0 Å². The topological polar surface area (TPSA) is 89.5 Å². The highest BCUT2D eigenvalue weighted by atomic mass is 16.7. The minimum atomic E-state index is -0.574. The molecule has 0 aliphatic carbocycles. The minimum Gasteiger partial charge on any atom is -0.494 e. The molecule has 2 saturated heterocycles. The molecule has 0 unspecified atom stereocenters. The maximum atomic E-state index is 12.3. The molecule has 0 amide bonds. The van der Waals surface area contributed by atoms with Crippen LogP contribution in [-0.2, 0) is 28.5 Å². The van der Waals surface area contributed by atoms with E-state index in [0.717, 1.165) is 22.6 Å². The Labute approximate surface area is 210 Å². The van der Waals surface area contributed by atoms with Crippen molar-refractivity contribution in [2.75, 3.05) is 26.4 Å². The number of hydrogen-bond donors (Lipinski definition) is 0. The predicted molar refractivity (Wildman–Crippen MR) is 133 cm³/mol. The van der Waals surface area contributed by atoms with Gasteiger partial charge >= 0.3 is 11.9 Å². The molecule has 2 aromatic carbocycles. The summed E-state index contributed by atoms with van der Waals surface area (Å²) in [4.78, 5) is 24.6. The molecule has 2 heterocycles. The minimum absolute atomic E-state index is 0.175. The number of fused-ring (bicyclic) bond motifs is 1. The summed E-state index contributed by atoms with van der Waals surface area (Å²) in [7, 11) is 0. The molecule has 2 aromatic rings. The van der Waals surface area contributed by atoms with Crippen molar-refractivity contribution in [1.29, 1.82) is 0 Å².